The second kappa shape index (κ2) is 6.24. The minimum Gasteiger partial charge on any atom is -0.487 e. The second-order valence-corrected chi connectivity index (χ2v) is 5.27. The lowest BCUT2D eigenvalue weighted by Gasteiger charge is -2.33. The van der Waals surface area contributed by atoms with Crippen LogP contribution in [0, 0.1) is 5.92 Å². The fraction of sp³-hybridized carbons (Fsp3) is 0.625. The summed E-state index contributed by atoms with van der Waals surface area (Å²) in [6.07, 6.45) is 4.80. The number of aliphatic hydroxyl groups excluding tert-OH is 1. The van der Waals surface area contributed by atoms with E-state index in [1.807, 2.05) is 18.2 Å². The smallest absolute Gasteiger partial charge is 0.125 e. The lowest BCUT2D eigenvalue weighted by molar-refractivity contribution is -0.0113. The molecule has 0 aliphatic heterocycles. The number of hydrogen-bond acceptors (Lipinski definition) is 2. The van der Waals surface area contributed by atoms with Crippen molar-refractivity contribution in [3.05, 3.63) is 29.8 Å². The molecule has 1 aromatic carbocycles. The molecule has 2 heteroatoms. The average molecular weight is 248 g/mol. The molecule has 100 valence electrons. The SMILES string of the molecule is CCc1ccccc1OC1CC(CC)CCC1O. The molecule has 0 aromatic heterocycles. The first-order chi connectivity index (χ1) is 8.74. The van der Waals surface area contributed by atoms with Crippen molar-refractivity contribution in [3.63, 3.8) is 0 Å². The van der Waals surface area contributed by atoms with Crippen LogP contribution in [0.4, 0.5) is 0 Å². The van der Waals surface area contributed by atoms with Gasteiger partial charge in [0, 0.05) is 0 Å². The Morgan fingerprint density at radius 1 is 1.22 bits per heavy atom. The number of rotatable bonds is 4. The van der Waals surface area contributed by atoms with E-state index in [-0.39, 0.29) is 12.2 Å². The zero-order valence-electron chi connectivity index (χ0n) is 11.4. The maximum Gasteiger partial charge on any atom is 0.125 e. The minimum atomic E-state index is -0.308. The Kier molecular flexibility index (Phi) is 4.65. The molecule has 0 saturated heterocycles. The summed E-state index contributed by atoms with van der Waals surface area (Å²) >= 11 is 0. The fourth-order valence-electron chi connectivity index (χ4n) is 2.77. The topological polar surface area (TPSA) is 29.5 Å². The van der Waals surface area contributed by atoms with E-state index in [0.717, 1.165) is 31.4 Å². The Hall–Kier alpha value is -1.02. The molecule has 1 aliphatic rings. The van der Waals surface area contributed by atoms with Gasteiger partial charge in [-0.05, 0) is 43.2 Å². The van der Waals surface area contributed by atoms with Crippen LogP contribution in [0.3, 0.4) is 0 Å². The van der Waals surface area contributed by atoms with Gasteiger partial charge in [-0.3, -0.25) is 0 Å². The van der Waals surface area contributed by atoms with Crippen molar-refractivity contribution < 1.29 is 9.84 Å². The van der Waals surface area contributed by atoms with Gasteiger partial charge in [0.25, 0.3) is 0 Å². The van der Waals surface area contributed by atoms with Gasteiger partial charge in [-0.1, -0.05) is 38.5 Å². The lowest BCUT2D eigenvalue weighted by atomic mass is 9.84. The van der Waals surface area contributed by atoms with Crippen molar-refractivity contribution in [1.29, 1.82) is 0 Å². The highest BCUT2D eigenvalue weighted by molar-refractivity contribution is 5.33. The number of hydrogen-bond donors (Lipinski definition) is 1. The second-order valence-electron chi connectivity index (χ2n) is 5.27. The number of benzene rings is 1. The van der Waals surface area contributed by atoms with E-state index in [0.29, 0.717) is 5.92 Å². The summed E-state index contributed by atoms with van der Waals surface area (Å²) in [5.41, 5.74) is 1.23. The van der Waals surface area contributed by atoms with Gasteiger partial charge in [-0.2, -0.15) is 0 Å². The van der Waals surface area contributed by atoms with E-state index in [1.54, 1.807) is 0 Å². The number of ether oxygens (including phenoxy) is 1. The first-order valence-electron chi connectivity index (χ1n) is 7.17. The Labute approximate surface area is 110 Å². The van der Waals surface area contributed by atoms with Gasteiger partial charge >= 0.3 is 0 Å². The van der Waals surface area contributed by atoms with Crippen molar-refractivity contribution in [2.24, 2.45) is 5.92 Å². The molecule has 1 aliphatic carbocycles. The summed E-state index contributed by atoms with van der Waals surface area (Å²) in [6.45, 7) is 4.35. The minimum absolute atomic E-state index is 0.0311. The molecule has 0 spiro atoms. The summed E-state index contributed by atoms with van der Waals surface area (Å²) < 4.78 is 6.07. The van der Waals surface area contributed by atoms with Crippen molar-refractivity contribution in [1.82, 2.24) is 0 Å². The van der Waals surface area contributed by atoms with E-state index in [9.17, 15) is 5.11 Å². The third-order valence-corrected chi connectivity index (χ3v) is 4.07. The molecular formula is C16H24O2. The summed E-state index contributed by atoms with van der Waals surface area (Å²) in [4.78, 5) is 0. The Bertz CT molecular complexity index is 375. The van der Waals surface area contributed by atoms with Crippen molar-refractivity contribution >= 4 is 0 Å². The van der Waals surface area contributed by atoms with Gasteiger partial charge in [-0.25, -0.2) is 0 Å². The molecule has 2 rings (SSSR count). The van der Waals surface area contributed by atoms with Gasteiger partial charge in [0.1, 0.15) is 11.9 Å². The van der Waals surface area contributed by atoms with Gasteiger partial charge < -0.3 is 9.84 Å². The molecule has 0 heterocycles. The molecule has 1 aromatic rings. The molecule has 18 heavy (non-hydrogen) atoms. The van der Waals surface area contributed by atoms with Crippen LogP contribution in [-0.4, -0.2) is 17.3 Å². The van der Waals surface area contributed by atoms with E-state index < -0.39 is 0 Å². The van der Waals surface area contributed by atoms with Crippen molar-refractivity contribution in [2.45, 2.75) is 58.2 Å². The van der Waals surface area contributed by atoms with Gasteiger partial charge in [0.2, 0.25) is 0 Å². The highest BCUT2D eigenvalue weighted by atomic mass is 16.5. The monoisotopic (exact) mass is 248 g/mol. The van der Waals surface area contributed by atoms with Crippen LogP contribution in [0.25, 0.3) is 0 Å². The van der Waals surface area contributed by atoms with Crippen LogP contribution < -0.4 is 4.74 Å². The zero-order chi connectivity index (χ0) is 13.0. The molecule has 1 fully saturated rings. The maximum atomic E-state index is 10.1. The zero-order valence-corrected chi connectivity index (χ0v) is 11.4. The van der Waals surface area contributed by atoms with Gasteiger partial charge in [-0.15, -0.1) is 0 Å². The maximum absolute atomic E-state index is 10.1. The molecule has 1 N–H and O–H groups in total. The van der Waals surface area contributed by atoms with Crippen LogP contribution in [0.5, 0.6) is 5.75 Å². The first kappa shape index (κ1) is 13.4. The normalized spacial score (nSPS) is 28.1. The van der Waals surface area contributed by atoms with E-state index in [4.69, 9.17) is 4.74 Å². The third kappa shape index (κ3) is 3.05. The van der Waals surface area contributed by atoms with Crippen LogP contribution >= 0.6 is 0 Å². The predicted molar refractivity (Wildman–Crippen MR) is 73.9 cm³/mol. The molecule has 2 nitrogen and oxygen atoms in total. The van der Waals surface area contributed by atoms with Crippen molar-refractivity contribution in [3.8, 4) is 5.75 Å². The Balaban J connectivity index is 2.07. The van der Waals surface area contributed by atoms with Gasteiger partial charge in [0.05, 0.1) is 6.10 Å². The third-order valence-electron chi connectivity index (χ3n) is 4.07. The highest BCUT2D eigenvalue weighted by Gasteiger charge is 2.30. The number of aliphatic hydroxyl groups is 1. The highest BCUT2D eigenvalue weighted by Crippen LogP contribution is 2.31. The number of para-hydroxylation sites is 1. The standard InChI is InChI=1S/C16H24O2/c1-3-12-9-10-14(17)16(11-12)18-15-8-6-5-7-13(15)4-2/h5-8,12,14,16-17H,3-4,9-11H2,1-2H3. The van der Waals surface area contributed by atoms with E-state index >= 15 is 0 Å². The molecule has 0 radical (unpaired) electrons. The molecule has 3 atom stereocenters. The van der Waals surface area contributed by atoms with Gasteiger partial charge in [0.15, 0.2) is 0 Å². The molecule has 0 amide bonds. The Morgan fingerprint density at radius 3 is 2.72 bits per heavy atom. The van der Waals surface area contributed by atoms with Crippen molar-refractivity contribution in [2.75, 3.05) is 0 Å². The summed E-state index contributed by atoms with van der Waals surface area (Å²) in [5.74, 6) is 1.65. The molecule has 1 saturated carbocycles. The summed E-state index contributed by atoms with van der Waals surface area (Å²) in [7, 11) is 0. The average Bonchev–Trinajstić information content (AvgIpc) is 2.42. The summed E-state index contributed by atoms with van der Waals surface area (Å²) in [6, 6.07) is 8.15. The Morgan fingerprint density at radius 2 is 2.00 bits per heavy atom. The molecular weight excluding hydrogens is 224 g/mol. The lowest BCUT2D eigenvalue weighted by Crippen LogP contribution is -2.38. The quantitative estimate of drug-likeness (QED) is 0.882. The fourth-order valence-corrected chi connectivity index (χ4v) is 2.77. The van der Waals surface area contributed by atoms with Crippen LogP contribution in [0.2, 0.25) is 0 Å². The van der Waals surface area contributed by atoms with Crippen LogP contribution in [0.1, 0.15) is 45.1 Å². The number of aryl methyl sites for hydroxylation is 1. The van der Waals surface area contributed by atoms with E-state index in [2.05, 4.69) is 19.9 Å². The van der Waals surface area contributed by atoms with E-state index in [1.165, 1.54) is 12.0 Å². The predicted octanol–water partition coefficient (Wildman–Crippen LogP) is 3.57. The largest absolute Gasteiger partial charge is 0.487 e. The first-order valence-corrected chi connectivity index (χ1v) is 7.17. The van der Waals surface area contributed by atoms with Crippen LogP contribution in [-0.2, 0) is 6.42 Å². The summed E-state index contributed by atoms with van der Waals surface area (Å²) in [5, 5.41) is 10.1. The molecule has 0 bridgehead atoms. The molecule has 3 unspecified atom stereocenters. The van der Waals surface area contributed by atoms with Crippen LogP contribution in [0.15, 0.2) is 24.3 Å².